The van der Waals surface area contributed by atoms with Crippen molar-refractivity contribution < 1.29 is 4.74 Å². The topological polar surface area (TPSA) is 67.0 Å². The van der Waals surface area contributed by atoms with Gasteiger partial charge in [-0.15, -0.1) is 11.8 Å². The maximum absolute atomic E-state index is 11.7. The van der Waals surface area contributed by atoms with Crippen LogP contribution < -0.4 is 10.9 Å². The molecule has 3 rings (SSSR count). The molecule has 2 N–H and O–H groups in total. The van der Waals surface area contributed by atoms with Crippen molar-refractivity contribution in [3.8, 4) is 0 Å². The highest BCUT2D eigenvalue weighted by Gasteiger charge is 2.15. The lowest BCUT2D eigenvalue weighted by Gasteiger charge is -2.11. The molecule has 0 radical (unpaired) electrons. The van der Waals surface area contributed by atoms with Crippen LogP contribution in [0.15, 0.2) is 46.1 Å². The molecule has 1 aliphatic rings. The average Bonchev–Trinajstić information content (AvgIpc) is 3.05. The Morgan fingerprint density at radius 2 is 2.23 bits per heavy atom. The molecule has 0 amide bonds. The van der Waals surface area contributed by atoms with Gasteiger partial charge in [0.2, 0.25) is 5.95 Å². The van der Waals surface area contributed by atoms with E-state index in [0.717, 1.165) is 25.1 Å². The lowest BCUT2D eigenvalue weighted by molar-refractivity contribution is 0.120. The predicted octanol–water partition coefficient (Wildman–Crippen LogP) is 2.65. The quantitative estimate of drug-likeness (QED) is 0.802. The van der Waals surface area contributed by atoms with Crippen LogP contribution in [0.2, 0.25) is 0 Å². The van der Waals surface area contributed by atoms with Gasteiger partial charge in [0, 0.05) is 29.9 Å². The number of nitrogens with one attached hydrogen (secondary N) is 2. The third-order valence-electron chi connectivity index (χ3n) is 3.45. The number of nitrogens with zero attached hydrogens (tertiary/aromatic N) is 1. The second-order valence-electron chi connectivity index (χ2n) is 5.20. The summed E-state index contributed by atoms with van der Waals surface area (Å²) < 4.78 is 5.55. The van der Waals surface area contributed by atoms with E-state index in [2.05, 4.69) is 27.4 Å². The number of rotatable bonds is 6. The van der Waals surface area contributed by atoms with Crippen LogP contribution in [-0.2, 0) is 10.5 Å². The van der Waals surface area contributed by atoms with Crippen molar-refractivity contribution in [2.75, 3.05) is 18.5 Å². The van der Waals surface area contributed by atoms with E-state index in [-0.39, 0.29) is 11.7 Å². The Morgan fingerprint density at radius 1 is 1.36 bits per heavy atom. The van der Waals surface area contributed by atoms with Crippen LogP contribution in [-0.4, -0.2) is 29.2 Å². The molecule has 1 aliphatic heterocycles. The molecule has 0 bridgehead atoms. The Bertz CT molecular complexity index is 654. The van der Waals surface area contributed by atoms with Gasteiger partial charge in [0.15, 0.2) is 0 Å². The van der Waals surface area contributed by atoms with Gasteiger partial charge in [-0.25, -0.2) is 4.98 Å². The van der Waals surface area contributed by atoms with Crippen LogP contribution in [0.3, 0.4) is 0 Å². The summed E-state index contributed by atoms with van der Waals surface area (Å²) in [4.78, 5) is 20.1. The maximum Gasteiger partial charge on any atom is 0.252 e. The molecule has 116 valence electrons. The van der Waals surface area contributed by atoms with E-state index in [1.165, 1.54) is 4.90 Å². The molecule has 1 saturated heterocycles. The number of hydrogen-bond acceptors (Lipinski definition) is 5. The molecule has 1 aromatic carbocycles. The van der Waals surface area contributed by atoms with E-state index >= 15 is 0 Å². The van der Waals surface area contributed by atoms with Crippen LogP contribution in [0, 0.1) is 0 Å². The largest absolute Gasteiger partial charge is 0.376 e. The van der Waals surface area contributed by atoms with Gasteiger partial charge in [0.05, 0.1) is 11.8 Å². The van der Waals surface area contributed by atoms with Crippen molar-refractivity contribution in [3.05, 3.63) is 52.4 Å². The third kappa shape index (κ3) is 4.35. The first-order chi connectivity index (χ1) is 10.8. The van der Waals surface area contributed by atoms with E-state index in [0.29, 0.717) is 18.2 Å². The average molecular weight is 317 g/mol. The lowest BCUT2D eigenvalue weighted by atomic mass is 10.2. The highest BCUT2D eigenvalue weighted by molar-refractivity contribution is 7.98. The molecular weight excluding hydrogens is 298 g/mol. The highest BCUT2D eigenvalue weighted by atomic mass is 32.2. The first-order valence-corrected chi connectivity index (χ1v) is 8.42. The van der Waals surface area contributed by atoms with Crippen molar-refractivity contribution >= 4 is 17.7 Å². The zero-order valence-electron chi connectivity index (χ0n) is 12.2. The van der Waals surface area contributed by atoms with E-state index in [9.17, 15) is 4.79 Å². The summed E-state index contributed by atoms with van der Waals surface area (Å²) in [6.07, 6.45) is 2.37. The first kappa shape index (κ1) is 15.1. The Morgan fingerprint density at radius 3 is 3.00 bits per heavy atom. The first-order valence-electron chi connectivity index (χ1n) is 7.43. The maximum atomic E-state index is 11.7. The Kier molecular flexibility index (Phi) is 5.13. The SMILES string of the molecule is O=c1cc(CSc2ccccc2)nc(NC[C@@H]2CCCO2)[nH]1. The third-order valence-corrected chi connectivity index (χ3v) is 4.49. The number of aromatic amines is 1. The minimum atomic E-state index is -0.131. The summed E-state index contributed by atoms with van der Waals surface area (Å²) in [6.45, 7) is 1.50. The summed E-state index contributed by atoms with van der Waals surface area (Å²) in [5, 5.41) is 3.17. The summed E-state index contributed by atoms with van der Waals surface area (Å²) >= 11 is 1.67. The van der Waals surface area contributed by atoms with Crippen LogP contribution in [0.5, 0.6) is 0 Å². The molecule has 1 atom stereocenters. The number of benzene rings is 1. The number of hydrogen-bond donors (Lipinski definition) is 2. The molecule has 0 saturated carbocycles. The van der Waals surface area contributed by atoms with Gasteiger partial charge in [-0.1, -0.05) is 18.2 Å². The minimum absolute atomic E-state index is 0.131. The molecule has 5 nitrogen and oxygen atoms in total. The van der Waals surface area contributed by atoms with Gasteiger partial charge in [0.1, 0.15) is 0 Å². The summed E-state index contributed by atoms with van der Waals surface area (Å²) in [5.74, 6) is 1.19. The van der Waals surface area contributed by atoms with Crippen molar-refractivity contribution in [2.24, 2.45) is 0 Å². The highest BCUT2D eigenvalue weighted by Crippen LogP contribution is 2.21. The Balaban J connectivity index is 1.60. The molecule has 2 aromatic rings. The fraction of sp³-hybridized carbons (Fsp3) is 0.375. The predicted molar refractivity (Wildman–Crippen MR) is 88.3 cm³/mol. The van der Waals surface area contributed by atoms with Gasteiger partial charge in [-0.05, 0) is 25.0 Å². The molecule has 0 aliphatic carbocycles. The van der Waals surface area contributed by atoms with Crippen molar-refractivity contribution in [1.29, 1.82) is 0 Å². The van der Waals surface area contributed by atoms with Crippen molar-refractivity contribution in [1.82, 2.24) is 9.97 Å². The van der Waals surface area contributed by atoms with Crippen molar-refractivity contribution in [3.63, 3.8) is 0 Å². The monoisotopic (exact) mass is 317 g/mol. The zero-order valence-corrected chi connectivity index (χ0v) is 13.1. The number of H-pyrrole nitrogens is 1. The standard InChI is InChI=1S/C16H19N3O2S/c20-15-9-12(11-22-14-6-2-1-3-7-14)18-16(19-15)17-10-13-5-4-8-21-13/h1-3,6-7,9,13H,4-5,8,10-11H2,(H2,17,18,19,20)/t13-/m0/s1. The molecule has 0 unspecified atom stereocenters. The van der Waals surface area contributed by atoms with Gasteiger partial charge in [0.25, 0.3) is 5.56 Å². The van der Waals surface area contributed by atoms with Gasteiger partial charge in [-0.3, -0.25) is 9.78 Å². The van der Waals surface area contributed by atoms with Crippen LogP contribution in [0.25, 0.3) is 0 Å². The Labute approximate surface area is 133 Å². The number of anilines is 1. The van der Waals surface area contributed by atoms with E-state index in [4.69, 9.17) is 4.74 Å². The molecule has 0 spiro atoms. The van der Waals surface area contributed by atoms with Crippen LogP contribution >= 0.6 is 11.8 Å². The normalized spacial score (nSPS) is 17.5. The molecule has 1 fully saturated rings. The fourth-order valence-electron chi connectivity index (χ4n) is 2.36. The summed E-state index contributed by atoms with van der Waals surface area (Å²) in [6, 6.07) is 11.6. The van der Waals surface area contributed by atoms with E-state index in [1.807, 2.05) is 18.2 Å². The number of aromatic nitrogens is 2. The molecular formula is C16H19N3O2S. The second-order valence-corrected chi connectivity index (χ2v) is 6.25. The molecule has 22 heavy (non-hydrogen) atoms. The summed E-state index contributed by atoms with van der Waals surface area (Å²) in [5.41, 5.74) is 0.640. The minimum Gasteiger partial charge on any atom is -0.376 e. The second kappa shape index (κ2) is 7.47. The number of thioether (sulfide) groups is 1. The summed E-state index contributed by atoms with van der Waals surface area (Å²) in [7, 11) is 0. The fourth-order valence-corrected chi connectivity index (χ4v) is 3.17. The number of ether oxygens (including phenoxy) is 1. The molecule has 1 aromatic heterocycles. The molecule has 2 heterocycles. The van der Waals surface area contributed by atoms with Gasteiger partial charge >= 0.3 is 0 Å². The van der Waals surface area contributed by atoms with Gasteiger partial charge in [-0.2, -0.15) is 0 Å². The van der Waals surface area contributed by atoms with E-state index < -0.39 is 0 Å². The van der Waals surface area contributed by atoms with Crippen LogP contribution in [0.4, 0.5) is 5.95 Å². The lowest BCUT2D eigenvalue weighted by Crippen LogP contribution is -2.22. The molecule has 6 heteroatoms. The smallest absolute Gasteiger partial charge is 0.252 e. The zero-order chi connectivity index (χ0) is 15.2. The van der Waals surface area contributed by atoms with Crippen molar-refractivity contribution in [2.45, 2.75) is 29.6 Å². The van der Waals surface area contributed by atoms with Crippen LogP contribution in [0.1, 0.15) is 18.5 Å². The van der Waals surface area contributed by atoms with Gasteiger partial charge < -0.3 is 10.1 Å². The van der Waals surface area contributed by atoms with E-state index in [1.54, 1.807) is 17.8 Å². The Hall–Kier alpha value is -1.79.